The third-order valence-electron chi connectivity index (χ3n) is 5.73. The third kappa shape index (κ3) is 5.26. The largest absolute Gasteiger partial charge is 0.480 e. The first-order valence-electron chi connectivity index (χ1n) is 10.7. The van der Waals surface area contributed by atoms with Gasteiger partial charge in [-0.05, 0) is 28.7 Å². The minimum absolute atomic E-state index is 0.0183. The van der Waals surface area contributed by atoms with Gasteiger partial charge in [-0.15, -0.1) is 0 Å². The van der Waals surface area contributed by atoms with Crippen LogP contribution >= 0.6 is 0 Å². The molecule has 32 heavy (non-hydrogen) atoms. The van der Waals surface area contributed by atoms with Crippen molar-refractivity contribution in [2.75, 3.05) is 19.8 Å². The zero-order chi connectivity index (χ0) is 23.1. The molecule has 8 heteroatoms. The lowest BCUT2D eigenvalue weighted by molar-refractivity contribution is -0.142. The fraction of sp³-hybridized carbons (Fsp3) is 0.375. The first-order chi connectivity index (χ1) is 15.5. The van der Waals surface area contributed by atoms with Crippen molar-refractivity contribution in [2.45, 2.75) is 31.7 Å². The van der Waals surface area contributed by atoms with E-state index in [1.165, 1.54) is 0 Å². The number of alkyl carbamates (subject to hydrolysis) is 1. The molecule has 0 aromatic heterocycles. The van der Waals surface area contributed by atoms with Gasteiger partial charge in [0.1, 0.15) is 12.6 Å². The Morgan fingerprint density at radius 2 is 1.62 bits per heavy atom. The van der Waals surface area contributed by atoms with Crippen molar-refractivity contribution < 1.29 is 29.3 Å². The lowest BCUT2D eigenvalue weighted by Crippen LogP contribution is -2.46. The molecule has 0 bridgehead atoms. The SMILES string of the molecule is CCC(CNC(=O)OCC1c2ccccc2-c2ccccc21)C(=O)N[C@@H](CCO)C(=O)O. The van der Waals surface area contributed by atoms with Crippen molar-refractivity contribution in [2.24, 2.45) is 5.92 Å². The molecular formula is C24H28N2O6. The Kier molecular flexibility index (Phi) is 7.83. The Balaban J connectivity index is 1.55. The van der Waals surface area contributed by atoms with Gasteiger partial charge in [0.2, 0.25) is 5.91 Å². The van der Waals surface area contributed by atoms with Crippen molar-refractivity contribution in [1.82, 2.24) is 10.6 Å². The summed E-state index contributed by atoms with van der Waals surface area (Å²) in [5.41, 5.74) is 4.48. The molecule has 4 N–H and O–H groups in total. The third-order valence-corrected chi connectivity index (χ3v) is 5.73. The molecule has 8 nitrogen and oxygen atoms in total. The van der Waals surface area contributed by atoms with Crippen molar-refractivity contribution in [3.8, 4) is 11.1 Å². The number of carboxylic acids is 1. The number of rotatable bonds is 10. The maximum atomic E-state index is 12.4. The Bertz CT molecular complexity index is 931. The van der Waals surface area contributed by atoms with Crippen LogP contribution in [0.1, 0.15) is 36.8 Å². The van der Waals surface area contributed by atoms with Crippen molar-refractivity contribution in [1.29, 1.82) is 0 Å². The number of aliphatic carboxylic acids is 1. The van der Waals surface area contributed by atoms with E-state index in [0.717, 1.165) is 22.3 Å². The molecular weight excluding hydrogens is 412 g/mol. The van der Waals surface area contributed by atoms with Gasteiger partial charge in [-0.2, -0.15) is 0 Å². The van der Waals surface area contributed by atoms with Crippen LogP contribution in [0, 0.1) is 5.92 Å². The number of hydrogen-bond acceptors (Lipinski definition) is 5. The van der Waals surface area contributed by atoms with Crippen LogP contribution < -0.4 is 10.6 Å². The van der Waals surface area contributed by atoms with Crippen molar-refractivity contribution in [3.63, 3.8) is 0 Å². The first-order valence-corrected chi connectivity index (χ1v) is 10.7. The molecule has 3 rings (SSSR count). The highest BCUT2D eigenvalue weighted by atomic mass is 16.5. The van der Waals surface area contributed by atoms with E-state index in [0.29, 0.717) is 6.42 Å². The highest BCUT2D eigenvalue weighted by Crippen LogP contribution is 2.44. The molecule has 0 spiro atoms. The summed E-state index contributed by atoms with van der Waals surface area (Å²) in [5.74, 6) is -2.39. The number of carbonyl (C=O) groups is 3. The van der Waals surface area contributed by atoms with Gasteiger partial charge in [-0.25, -0.2) is 9.59 Å². The molecule has 0 saturated carbocycles. The molecule has 0 heterocycles. The molecule has 1 aliphatic rings. The molecule has 2 aromatic rings. The summed E-state index contributed by atoms with van der Waals surface area (Å²) in [6, 6.07) is 14.9. The Hall–Kier alpha value is -3.39. The predicted octanol–water partition coefficient (Wildman–Crippen LogP) is 2.50. The molecule has 2 aromatic carbocycles. The van der Waals surface area contributed by atoms with Gasteiger partial charge in [0.25, 0.3) is 0 Å². The summed E-state index contributed by atoms with van der Waals surface area (Å²) in [6.45, 7) is 1.60. The van der Waals surface area contributed by atoms with Crippen LogP contribution in [0.15, 0.2) is 48.5 Å². The number of amides is 2. The molecule has 0 radical (unpaired) electrons. The van der Waals surface area contributed by atoms with Gasteiger partial charge < -0.3 is 25.6 Å². The normalized spacial score (nSPS) is 14.1. The van der Waals surface area contributed by atoms with E-state index in [-0.39, 0.29) is 32.1 Å². The van der Waals surface area contributed by atoms with E-state index >= 15 is 0 Å². The number of benzene rings is 2. The summed E-state index contributed by atoms with van der Waals surface area (Å²) >= 11 is 0. The van der Waals surface area contributed by atoms with Crippen molar-refractivity contribution in [3.05, 3.63) is 59.7 Å². The lowest BCUT2D eigenvalue weighted by Gasteiger charge is -2.20. The van der Waals surface area contributed by atoms with Crippen molar-refractivity contribution >= 4 is 18.0 Å². The zero-order valence-corrected chi connectivity index (χ0v) is 17.9. The van der Waals surface area contributed by atoms with Crippen LogP contribution in [-0.2, 0) is 14.3 Å². The average Bonchev–Trinajstić information content (AvgIpc) is 3.11. The average molecular weight is 440 g/mol. The quantitative estimate of drug-likeness (QED) is 0.450. The van der Waals surface area contributed by atoms with Gasteiger partial charge >= 0.3 is 12.1 Å². The molecule has 2 atom stereocenters. The van der Waals surface area contributed by atoms with Crippen LogP contribution in [-0.4, -0.2) is 54.0 Å². The number of carbonyl (C=O) groups excluding carboxylic acids is 2. The number of fused-ring (bicyclic) bond motifs is 3. The number of carboxylic acid groups (broad SMARTS) is 1. The summed E-state index contributed by atoms with van der Waals surface area (Å²) in [6.07, 6.45) is -0.318. The predicted molar refractivity (Wildman–Crippen MR) is 118 cm³/mol. The Labute approximate surface area is 186 Å². The highest BCUT2D eigenvalue weighted by molar-refractivity contribution is 5.85. The topological polar surface area (TPSA) is 125 Å². The highest BCUT2D eigenvalue weighted by Gasteiger charge is 2.29. The summed E-state index contributed by atoms with van der Waals surface area (Å²) in [5, 5.41) is 23.1. The number of ether oxygens (including phenoxy) is 1. The molecule has 1 aliphatic carbocycles. The Morgan fingerprint density at radius 1 is 1.03 bits per heavy atom. The van der Waals surface area contributed by atoms with E-state index < -0.39 is 29.9 Å². The van der Waals surface area contributed by atoms with Crippen LogP contribution in [0.4, 0.5) is 4.79 Å². The molecule has 0 fully saturated rings. The second-order valence-corrected chi connectivity index (χ2v) is 7.72. The summed E-state index contributed by atoms with van der Waals surface area (Å²) < 4.78 is 5.46. The zero-order valence-electron chi connectivity index (χ0n) is 17.9. The van der Waals surface area contributed by atoms with E-state index in [1.807, 2.05) is 36.4 Å². The molecule has 0 saturated heterocycles. The minimum atomic E-state index is -1.22. The number of hydrogen-bond donors (Lipinski definition) is 4. The van der Waals surface area contributed by atoms with E-state index in [1.54, 1.807) is 6.92 Å². The lowest BCUT2D eigenvalue weighted by atomic mass is 9.98. The van der Waals surface area contributed by atoms with E-state index in [9.17, 15) is 14.4 Å². The Morgan fingerprint density at radius 3 is 2.16 bits per heavy atom. The summed E-state index contributed by atoms with van der Waals surface area (Å²) in [4.78, 5) is 35.9. The number of aliphatic hydroxyl groups is 1. The monoisotopic (exact) mass is 440 g/mol. The standard InChI is InChI=1S/C24H28N2O6/c1-2-15(22(28)26-21(11-12-27)23(29)30)13-25-24(31)32-14-20-18-9-5-3-7-16(18)17-8-4-6-10-19(17)20/h3-10,15,20-21,27H,2,11-14H2,1H3,(H,25,31)(H,26,28)(H,29,30)/t15?,21-/m0/s1. The number of nitrogens with one attached hydrogen (secondary N) is 2. The summed E-state index contributed by atoms with van der Waals surface area (Å²) in [7, 11) is 0. The maximum Gasteiger partial charge on any atom is 0.407 e. The fourth-order valence-corrected chi connectivity index (χ4v) is 3.95. The smallest absolute Gasteiger partial charge is 0.407 e. The van der Waals surface area contributed by atoms with Gasteiger partial charge in [0, 0.05) is 25.5 Å². The van der Waals surface area contributed by atoms with Crippen LogP contribution in [0.3, 0.4) is 0 Å². The molecule has 170 valence electrons. The molecule has 1 unspecified atom stereocenters. The van der Waals surface area contributed by atoms with Gasteiger partial charge in [0.15, 0.2) is 0 Å². The minimum Gasteiger partial charge on any atom is -0.480 e. The van der Waals surface area contributed by atoms with E-state index in [2.05, 4.69) is 22.8 Å². The van der Waals surface area contributed by atoms with E-state index in [4.69, 9.17) is 14.9 Å². The fourth-order valence-electron chi connectivity index (χ4n) is 3.95. The molecule has 0 aliphatic heterocycles. The van der Waals surface area contributed by atoms with Crippen LogP contribution in [0.2, 0.25) is 0 Å². The van der Waals surface area contributed by atoms with Gasteiger partial charge in [-0.1, -0.05) is 55.5 Å². The second-order valence-electron chi connectivity index (χ2n) is 7.72. The van der Waals surface area contributed by atoms with Crippen LogP contribution in [0.25, 0.3) is 11.1 Å². The second kappa shape index (κ2) is 10.8. The van der Waals surface area contributed by atoms with Crippen LogP contribution in [0.5, 0.6) is 0 Å². The number of aliphatic hydroxyl groups excluding tert-OH is 1. The first kappa shape index (κ1) is 23.3. The van der Waals surface area contributed by atoms with Gasteiger partial charge in [0.05, 0.1) is 5.92 Å². The molecule has 2 amide bonds. The maximum absolute atomic E-state index is 12.4. The van der Waals surface area contributed by atoms with Gasteiger partial charge in [-0.3, -0.25) is 4.79 Å².